The first-order chi connectivity index (χ1) is 13.2. The first kappa shape index (κ1) is 19.0. The third-order valence-corrected chi connectivity index (χ3v) is 4.82. The molecule has 0 radical (unpaired) electrons. The second-order valence-corrected chi connectivity index (χ2v) is 6.76. The van der Waals surface area contributed by atoms with Crippen LogP contribution in [0.4, 0.5) is 0 Å². The van der Waals surface area contributed by atoms with Crippen molar-refractivity contribution >= 4 is 11.9 Å². The maximum atomic E-state index is 12.4. The Morgan fingerprint density at radius 3 is 2.44 bits per heavy atom. The average molecular weight is 368 g/mol. The van der Waals surface area contributed by atoms with Crippen molar-refractivity contribution in [2.24, 2.45) is 4.99 Å². The number of nitrogens with one attached hydrogen (secondary N) is 1. The lowest BCUT2D eigenvalue weighted by Crippen LogP contribution is -2.53. The summed E-state index contributed by atoms with van der Waals surface area (Å²) in [6, 6.07) is 13.9. The van der Waals surface area contributed by atoms with Gasteiger partial charge in [0, 0.05) is 45.2 Å². The third-order valence-electron chi connectivity index (χ3n) is 4.82. The van der Waals surface area contributed by atoms with Gasteiger partial charge < -0.3 is 19.5 Å². The number of nitrogens with zero attached hydrogens (tertiary/aromatic N) is 3. The highest BCUT2D eigenvalue weighted by molar-refractivity contribution is 5.91. The maximum absolute atomic E-state index is 12.4. The fourth-order valence-electron chi connectivity index (χ4n) is 3.21. The lowest BCUT2D eigenvalue weighted by molar-refractivity contribution is 0.0657. The molecule has 2 aromatic rings. The Bertz CT molecular complexity index is 735. The van der Waals surface area contributed by atoms with Crippen molar-refractivity contribution in [3.63, 3.8) is 0 Å². The van der Waals surface area contributed by atoms with Gasteiger partial charge in [-0.05, 0) is 24.6 Å². The SMILES string of the molecule is CCNC(=NCC(C)c1ccccc1)N1CCN(C(=O)c2ccco2)CC1. The van der Waals surface area contributed by atoms with Gasteiger partial charge in [-0.3, -0.25) is 9.79 Å². The largest absolute Gasteiger partial charge is 0.459 e. The lowest BCUT2D eigenvalue weighted by atomic mass is 10.0. The van der Waals surface area contributed by atoms with Crippen LogP contribution in [0.3, 0.4) is 0 Å². The summed E-state index contributed by atoms with van der Waals surface area (Å²) in [5.41, 5.74) is 1.30. The van der Waals surface area contributed by atoms with Crippen LogP contribution in [0, 0.1) is 0 Å². The molecular formula is C21H28N4O2. The molecule has 3 rings (SSSR count). The summed E-state index contributed by atoms with van der Waals surface area (Å²) in [5.74, 6) is 1.65. The van der Waals surface area contributed by atoms with Gasteiger partial charge in [-0.25, -0.2) is 0 Å². The number of rotatable bonds is 5. The zero-order valence-electron chi connectivity index (χ0n) is 16.1. The topological polar surface area (TPSA) is 61.1 Å². The molecule has 6 heteroatoms. The molecule has 1 unspecified atom stereocenters. The van der Waals surface area contributed by atoms with Gasteiger partial charge in [0.05, 0.1) is 6.26 Å². The van der Waals surface area contributed by atoms with E-state index in [9.17, 15) is 4.79 Å². The molecule has 1 aliphatic heterocycles. The number of benzene rings is 1. The van der Waals surface area contributed by atoms with Gasteiger partial charge in [0.2, 0.25) is 0 Å². The van der Waals surface area contributed by atoms with E-state index in [0.717, 1.165) is 32.1 Å². The van der Waals surface area contributed by atoms with E-state index in [-0.39, 0.29) is 5.91 Å². The lowest BCUT2D eigenvalue weighted by Gasteiger charge is -2.36. The van der Waals surface area contributed by atoms with Crippen LogP contribution >= 0.6 is 0 Å². The van der Waals surface area contributed by atoms with Crippen LogP contribution in [-0.4, -0.2) is 60.9 Å². The Labute approximate surface area is 160 Å². The van der Waals surface area contributed by atoms with Crippen molar-refractivity contribution < 1.29 is 9.21 Å². The van der Waals surface area contributed by atoms with Gasteiger partial charge in [0.25, 0.3) is 5.91 Å². The number of aliphatic imine (C=N–C) groups is 1. The van der Waals surface area contributed by atoms with Gasteiger partial charge in [-0.2, -0.15) is 0 Å². The number of hydrogen-bond acceptors (Lipinski definition) is 3. The second kappa shape index (κ2) is 9.26. The zero-order chi connectivity index (χ0) is 19.1. The Morgan fingerprint density at radius 2 is 1.81 bits per heavy atom. The van der Waals surface area contributed by atoms with E-state index in [1.807, 2.05) is 11.0 Å². The minimum absolute atomic E-state index is 0.0423. The fraction of sp³-hybridized carbons (Fsp3) is 0.429. The van der Waals surface area contributed by atoms with Crippen LogP contribution in [0.2, 0.25) is 0 Å². The minimum Gasteiger partial charge on any atom is -0.459 e. The molecule has 1 fully saturated rings. The summed E-state index contributed by atoms with van der Waals surface area (Å²) < 4.78 is 5.23. The molecule has 2 heterocycles. The van der Waals surface area contributed by atoms with Crippen molar-refractivity contribution in [1.29, 1.82) is 0 Å². The summed E-state index contributed by atoms with van der Waals surface area (Å²) in [4.78, 5) is 21.3. The molecule has 144 valence electrons. The highest BCUT2D eigenvalue weighted by Gasteiger charge is 2.25. The third kappa shape index (κ3) is 4.90. The molecule has 1 N–H and O–H groups in total. The second-order valence-electron chi connectivity index (χ2n) is 6.76. The van der Waals surface area contributed by atoms with Gasteiger partial charge in [-0.15, -0.1) is 0 Å². The molecule has 0 saturated carbocycles. The number of piperazine rings is 1. The predicted molar refractivity (Wildman–Crippen MR) is 107 cm³/mol. The van der Waals surface area contributed by atoms with E-state index in [1.165, 1.54) is 11.8 Å². The van der Waals surface area contributed by atoms with Gasteiger partial charge in [-0.1, -0.05) is 37.3 Å². The van der Waals surface area contributed by atoms with E-state index >= 15 is 0 Å². The molecule has 0 spiro atoms. The summed E-state index contributed by atoms with van der Waals surface area (Å²) in [7, 11) is 0. The predicted octanol–water partition coefficient (Wildman–Crippen LogP) is 2.81. The standard InChI is InChI=1S/C21H28N4O2/c1-3-22-21(23-16-17(2)18-8-5-4-6-9-18)25-13-11-24(12-14-25)20(26)19-10-7-15-27-19/h4-10,15,17H,3,11-14,16H2,1-2H3,(H,22,23). The molecule has 1 aromatic heterocycles. The average Bonchev–Trinajstić information content (AvgIpc) is 3.26. The summed E-state index contributed by atoms with van der Waals surface area (Å²) in [6.45, 7) is 8.68. The number of furan rings is 1. The van der Waals surface area contributed by atoms with E-state index < -0.39 is 0 Å². The van der Waals surface area contributed by atoms with Crippen LogP contribution in [0.1, 0.15) is 35.9 Å². The quantitative estimate of drug-likeness (QED) is 0.651. The summed E-state index contributed by atoms with van der Waals surface area (Å²) in [5, 5.41) is 3.38. The molecule has 1 aromatic carbocycles. The van der Waals surface area contributed by atoms with Crippen molar-refractivity contribution in [2.75, 3.05) is 39.3 Å². The molecule has 1 atom stereocenters. The van der Waals surface area contributed by atoms with Gasteiger partial charge in [0.15, 0.2) is 11.7 Å². The Morgan fingerprint density at radius 1 is 1.11 bits per heavy atom. The van der Waals surface area contributed by atoms with Crippen LogP contribution in [0.15, 0.2) is 58.1 Å². The molecule has 0 bridgehead atoms. The molecular weight excluding hydrogens is 340 g/mol. The molecule has 1 saturated heterocycles. The molecule has 0 aliphatic carbocycles. The number of amides is 1. The highest BCUT2D eigenvalue weighted by atomic mass is 16.3. The Hall–Kier alpha value is -2.76. The monoisotopic (exact) mass is 368 g/mol. The van der Waals surface area contributed by atoms with Crippen molar-refractivity contribution in [3.05, 3.63) is 60.1 Å². The molecule has 27 heavy (non-hydrogen) atoms. The van der Waals surface area contributed by atoms with Crippen LogP contribution in [0.5, 0.6) is 0 Å². The van der Waals surface area contributed by atoms with E-state index in [0.29, 0.717) is 24.8 Å². The van der Waals surface area contributed by atoms with Crippen molar-refractivity contribution in [3.8, 4) is 0 Å². The van der Waals surface area contributed by atoms with Crippen LogP contribution in [0.25, 0.3) is 0 Å². The maximum Gasteiger partial charge on any atom is 0.289 e. The first-order valence-electron chi connectivity index (χ1n) is 9.60. The smallest absolute Gasteiger partial charge is 0.289 e. The fourth-order valence-corrected chi connectivity index (χ4v) is 3.21. The molecule has 1 aliphatic rings. The molecule has 1 amide bonds. The first-order valence-corrected chi connectivity index (χ1v) is 9.60. The van der Waals surface area contributed by atoms with E-state index in [1.54, 1.807) is 12.1 Å². The van der Waals surface area contributed by atoms with Gasteiger partial charge in [0.1, 0.15) is 0 Å². The molecule has 6 nitrogen and oxygen atoms in total. The van der Waals surface area contributed by atoms with Crippen molar-refractivity contribution in [2.45, 2.75) is 19.8 Å². The Balaban J connectivity index is 1.58. The van der Waals surface area contributed by atoms with Gasteiger partial charge >= 0.3 is 0 Å². The normalized spacial score (nSPS) is 16.3. The van der Waals surface area contributed by atoms with E-state index in [4.69, 9.17) is 9.41 Å². The zero-order valence-corrected chi connectivity index (χ0v) is 16.1. The number of carbonyl (C=O) groups is 1. The number of hydrogen-bond donors (Lipinski definition) is 1. The summed E-state index contributed by atoms with van der Waals surface area (Å²) in [6.07, 6.45) is 1.54. The summed E-state index contributed by atoms with van der Waals surface area (Å²) >= 11 is 0. The number of guanidine groups is 1. The van der Waals surface area contributed by atoms with Crippen molar-refractivity contribution in [1.82, 2.24) is 15.1 Å². The highest BCUT2D eigenvalue weighted by Crippen LogP contribution is 2.15. The van der Waals surface area contributed by atoms with Crippen LogP contribution < -0.4 is 5.32 Å². The minimum atomic E-state index is -0.0423. The number of carbonyl (C=O) groups excluding carboxylic acids is 1. The van der Waals surface area contributed by atoms with Crippen LogP contribution in [-0.2, 0) is 0 Å². The Kier molecular flexibility index (Phi) is 6.52. The van der Waals surface area contributed by atoms with E-state index in [2.05, 4.69) is 48.3 Å².